The summed E-state index contributed by atoms with van der Waals surface area (Å²) in [6.07, 6.45) is 0. The van der Waals surface area contributed by atoms with Crippen molar-refractivity contribution in [2.24, 2.45) is 0 Å². The van der Waals surface area contributed by atoms with Crippen LogP contribution in [0.4, 0.5) is 0 Å². The van der Waals surface area contributed by atoms with Gasteiger partial charge in [-0.15, -0.1) is 0 Å². The fourth-order valence-corrected chi connectivity index (χ4v) is 0. The van der Waals surface area contributed by atoms with E-state index in [0.29, 0.717) is 0 Å². The number of hydrogen-bond acceptors (Lipinski definition) is 4. The number of hydrogen-bond donors (Lipinski definition) is 2. The van der Waals surface area contributed by atoms with E-state index in [1.807, 2.05) is 0 Å². The zero-order valence-corrected chi connectivity index (χ0v) is 4.24. The van der Waals surface area contributed by atoms with Crippen LogP contribution in [0.5, 0.6) is 0 Å². The lowest BCUT2D eigenvalue weighted by Crippen LogP contribution is -1.92. The smallest absolute Gasteiger partial charge is 0.263 e. The summed E-state index contributed by atoms with van der Waals surface area (Å²) in [6.45, 7) is 0. The first-order chi connectivity index (χ1) is 2.56. The standard InChI is InChI=1S/H2O4S2/c1-6(2,3)4-5/h5H,(H,1,2,3). The van der Waals surface area contributed by atoms with Crippen molar-refractivity contribution in [2.45, 2.75) is 0 Å². The highest BCUT2D eigenvalue weighted by molar-refractivity contribution is 7.92. The van der Waals surface area contributed by atoms with E-state index in [0.717, 1.165) is 0 Å². The van der Waals surface area contributed by atoms with Gasteiger partial charge in [0, 0.05) is 0 Å². The van der Waals surface area contributed by atoms with Gasteiger partial charge in [0.05, 0.1) is 0 Å². The second kappa shape index (κ2) is 1.78. The van der Waals surface area contributed by atoms with Crippen LogP contribution in [0.25, 0.3) is 0 Å². The van der Waals surface area contributed by atoms with E-state index < -0.39 is 10.4 Å². The van der Waals surface area contributed by atoms with Gasteiger partial charge < -0.3 is 0 Å². The van der Waals surface area contributed by atoms with Crippen LogP contribution in [0.3, 0.4) is 0 Å². The fraction of sp³-hybridized carbons (Fsp3) is 0. The van der Waals surface area contributed by atoms with Crippen molar-refractivity contribution < 1.29 is 16.6 Å². The maximum atomic E-state index is 9.26. The molecule has 6 heteroatoms. The van der Waals surface area contributed by atoms with Crippen molar-refractivity contribution in [3.63, 3.8) is 0 Å². The molecular weight excluding hydrogens is 128 g/mol. The molecule has 0 unspecified atom stereocenters. The van der Waals surface area contributed by atoms with E-state index in [9.17, 15) is 8.42 Å². The lowest BCUT2D eigenvalue weighted by molar-refractivity contribution is 0.410. The summed E-state index contributed by atoms with van der Waals surface area (Å²) in [5, 5.41) is 0. The van der Waals surface area contributed by atoms with Gasteiger partial charge in [0.15, 0.2) is 0 Å². The fourth-order valence-electron chi connectivity index (χ4n) is 0. The van der Waals surface area contributed by atoms with Gasteiger partial charge >= 0.3 is 10.4 Å². The maximum absolute atomic E-state index is 9.26. The predicted octanol–water partition coefficient (Wildman–Crippen LogP) is -0.349. The van der Waals surface area contributed by atoms with E-state index in [1.54, 1.807) is 0 Å². The first kappa shape index (κ1) is 6.22. The van der Waals surface area contributed by atoms with Crippen LogP contribution >= 0.6 is 12.9 Å². The molecule has 0 aromatic carbocycles. The zero-order chi connectivity index (χ0) is 5.21. The molecule has 0 atom stereocenters. The number of thiol groups is 1. The van der Waals surface area contributed by atoms with Gasteiger partial charge in [0.25, 0.3) is 0 Å². The average Bonchev–Trinajstić information content (AvgIpc) is 1.35. The lowest BCUT2D eigenvalue weighted by Gasteiger charge is -1.80. The SMILES string of the molecule is O=S(=O)(O)OS. The average molecular weight is 130 g/mol. The Labute approximate surface area is 40.7 Å². The molecule has 0 fully saturated rings. The molecule has 6 heavy (non-hydrogen) atoms. The lowest BCUT2D eigenvalue weighted by atomic mass is 15.8. The molecule has 0 aliphatic rings. The summed E-state index contributed by atoms with van der Waals surface area (Å²) in [5.74, 6) is 0. The van der Waals surface area contributed by atoms with Crippen LogP contribution in [0, 0.1) is 0 Å². The first-order valence-corrected chi connectivity index (χ1v) is 2.60. The molecule has 0 aromatic heterocycles. The van der Waals surface area contributed by atoms with E-state index >= 15 is 0 Å². The van der Waals surface area contributed by atoms with Crippen LogP contribution in [0.2, 0.25) is 0 Å². The maximum Gasteiger partial charge on any atom is 0.408 e. The summed E-state index contributed by atoms with van der Waals surface area (Å²) in [6, 6.07) is 0. The van der Waals surface area contributed by atoms with Gasteiger partial charge in [-0.05, 0) is 12.9 Å². The van der Waals surface area contributed by atoms with Crippen molar-refractivity contribution in [1.29, 1.82) is 0 Å². The zero-order valence-electron chi connectivity index (χ0n) is 2.53. The van der Waals surface area contributed by atoms with E-state index in [4.69, 9.17) is 4.55 Å². The van der Waals surface area contributed by atoms with E-state index in [-0.39, 0.29) is 0 Å². The second-order valence-corrected chi connectivity index (χ2v) is 1.95. The molecule has 0 aliphatic carbocycles. The highest BCUT2D eigenvalue weighted by Gasteiger charge is 1.95. The van der Waals surface area contributed by atoms with Crippen LogP contribution in [-0.4, -0.2) is 13.0 Å². The molecule has 0 amide bonds. The summed E-state index contributed by atoms with van der Waals surface area (Å²) < 4.78 is 29.2. The van der Waals surface area contributed by atoms with Gasteiger partial charge in [-0.3, -0.25) is 4.55 Å². The summed E-state index contributed by atoms with van der Waals surface area (Å²) in [4.78, 5) is 0. The molecule has 0 spiro atoms. The molecule has 0 saturated heterocycles. The minimum Gasteiger partial charge on any atom is -0.263 e. The Balaban J connectivity index is 3.85. The quantitative estimate of drug-likeness (QED) is 0.289. The summed E-state index contributed by atoms with van der Waals surface area (Å²) >= 11 is 2.76. The van der Waals surface area contributed by atoms with Gasteiger partial charge in [-0.2, -0.15) is 12.0 Å². The third-order valence-electron chi connectivity index (χ3n) is 0.0942. The van der Waals surface area contributed by atoms with Crippen LogP contribution in [-0.2, 0) is 14.0 Å². The van der Waals surface area contributed by atoms with E-state index in [2.05, 4.69) is 16.5 Å². The Morgan fingerprint density at radius 3 is 1.83 bits per heavy atom. The molecular formula is H2O4S2. The molecule has 1 N–H and O–H groups in total. The van der Waals surface area contributed by atoms with Crippen molar-refractivity contribution in [1.82, 2.24) is 0 Å². The molecule has 0 saturated carbocycles. The van der Waals surface area contributed by atoms with Gasteiger partial charge in [-0.25, -0.2) is 0 Å². The Kier molecular flexibility index (Phi) is 1.85. The van der Waals surface area contributed by atoms with Crippen LogP contribution in [0.15, 0.2) is 0 Å². The molecule has 4 nitrogen and oxygen atoms in total. The van der Waals surface area contributed by atoms with Gasteiger partial charge in [0.2, 0.25) is 0 Å². The summed E-state index contributed by atoms with van der Waals surface area (Å²) in [5.41, 5.74) is 0. The minimum absolute atomic E-state index is 2.76. The molecule has 0 bridgehead atoms. The van der Waals surface area contributed by atoms with Gasteiger partial charge in [-0.1, -0.05) is 0 Å². The topological polar surface area (TPSA) is 63.6 Å². The second-order valence-electron chi connectivity index (χ2n) is 0.502. The largest absolute Gasteiger partial charge is 0.408 e. The molecule has 0 rings (SSSR count). The monoisotopic (exact) mass is 130 g/mol. The molecule has 0 radical (unpaired) electrons. The highest BCUT2D eigenvalue weighted by Crippen LogP contribution is 1.85. The predicted molar refractivity (Wildman–Crippen MR) is 21.6 cm³/mol. The van der Waals surface area contributed by atoms with Crippen molar-refractivity contribution in [3.05, 3.63) is 0 Å². The van der Waals surface area contributed by atoms with Crippen molar-refractivity contribution in [2.75, 3.05) is 0 Å². The van der Waals surface area contributed by atoms with Gasteiger partial charge in [0.1, 0.15) is 0 Å². The van der Waals surface area contributed by atoms with Crippen LogP contribution in [0.1, 0.15) is 0 Å². The van der Waals surface area contributed by atoms with Crippen molar-refractivity contribution in [3.8, 4) is 0 Å². The Morgan fingerprint density at radius 1 is 1.67 bits per heavy atom. The molecule has 38 valence electrons. The third-order valence-corrected chi connectivity index (χ3v) is 0.848. The van der Waals surface area contributed by atoms with E-state index in [1.165, 1.54) is 0 Å². The third kappa shape index (κ3) is 4.22. The normalized spacial score (nSPS) is 11.7. The first-order valence-electron chi connectivity index (χ1n) is 0.865. The minimum atomic E-state index is -4.30. The Morgan fingerprint density at radius 2 is 1.83 bits per heavy atom. The van der Waals surface area contributed by atoms with Crippen LogP contribution < -0.4 is 0 Å². The Hall–Kier alpha value is 0.220. The molecule has 0 aromatic rings. The van der Waals surface area contributed by atoms with Crippen molar-refractivity contribution >= 4 is 23.3 Å². The highest BCUT2D eigenvalue weighted by atomic mass is 32.3. The molecule has 0 heterocycles. The molecule has 0 aliphatic heterocycles. The Bertz CT molecular complexity index is 108. The summed E-state index contributed by atoms with van der Waals surface area (Å²) in [7, 11) is -4.30. The number of rotatable bonds is 1.